The zero-order chi connectivity index (χ0) is 13.3. The van der Waals surface area contributed by atoms with E-state index in [-0.39, 0.29) is 11.7 Å². The van der Waals surface area contributed by atoms with Gasteiger partial charge in [0.05, 0.1) is 5.69 Å². The van der Waals surface area contributed by atoms with Gasteiger partial charge in [0.15, 0.2) is 0 Å². The molecular weight excluding hydrogens is 243 g/mol. The molecule has 0 atom stereocenters. The molecule has 0 aromatic carbocycles. The van der Waals surface area contributed by atoms with Crippen LogP contribution in [-0.2, 0) is 6.18 Å². The van der Waals surface area contributed by atoms with Crippen LogP contribution in [0, 0.1) is 0 Å². The van der Waals surface area contributed by atoms with Crippen LogP contribution in [0.15, 0.2) is 30.5 Å². The molecule has 2 heterocycles. The monoisotopic (exact) mass is 255 g/mol. The highest BCUT2D eigenvalue weighted by atomic mass is 19.4. The van der Waals surface area contributed by atoms with E-state index in [2.05, 4.69) is 10.1 Å². The van der Waals surface area contributed by atoms with E-state index in [0.717, 1.165) is 6.07 Å². The zero-order valence-electron chi connectivity index (χ0n) is 9.94. The third kappa shape index (κ3) is 2.52. The molecule has 18 heavy (non-hydrogen) atoms. The Balaban J connectivity index is 2.38. The van der Waals surface area contributed by atoms with Crippen molar-refractivity contribution in [3.63, 3.8) is 0 Å². The van der Waals surface area contributed by atoms with Gasteiger partial charge in [-0.05, 0) is 32.0 Å². The van der Waals surface area contributed by atoms with Crippen molar-refractivity contribution in [3.8, 4) is 11.4 Å². The molecule has 96 valence electrons. The number of alkyl halides is 3. The van der Waals surface area contributed by atoms with Crippen LogP contribution in [0.4, 0.5) is 13.2 Å². The molecular formula is C12H12F3N3. The number of rotatable bonds is 2. The van der Waals surface area contributed by atoms with Crippen LogP contribution in [0.3, 0.4) is 0 Å². The van der Waals surface area contributed by atoms with Crippen molar-refractivity contribution in [2.24, 2.45) is 0 Å². The largest absolute Gasteiger partial charge is 0.433 e. The van der Waals surface area contributed by atoms with Gasteiger partial charge in [0.2, 0.25) is 0 Å². The Morgan fingerprint density at radius 2 is 1.83 bits per heavy atom. The first kappa shape index (κ1) is 12.6. The average Bonchev–Trinajstić information content (AvgIpc) is 2.77. The number of hydrogen-bond donors (Lipinski definition) is 0. The lowest BCUT2D eigenvalue weighted by molar-refractivity contribution is -0.141. The van der Waals surface area contributed by atoms with Crippen LogP contribution >= 0.6 is 0 Å². The van der Waals surface area contributed by atoms with Crippen molar-refractivity contribution in [2.75, 3.05) is 0 Å². The summed E-state index contributed by atoms with van der Waals surface area (Å²) >= 11 is 0. The number of halogens is 3. The number of aromatic nitrogens is 3. The maximum Gasteiger partial charge on any atom is 0.433 e. The molecule has 0 amide bonds. The third-order valence-electron chi connectivity index (χ3n) is 2.44. The smallest absolute Gasteiger partial charge is 0.270 e. The minimum Gasteiger partial charge on any atom is -0.270 e. The summed E-state index contributed by atoms with van der Waals surface area (Å²) in [6.07, 6.45) is -2.71. The molecule has 0 radical (unpaired) electrons. The lowest BCUT2D eigenvalue weighted by atomic mass is 10.2. The van der Waals surface area contributed by atoms with E-state index in [9.17, 15) is 13.2 Å². The van der Waals surface area contributed by atoms with Gasteiger partial charge >= 0.3 is 6.18 Å². The topological polar surface area (TPSA) is 30.7 Å². The Kier molecular flexibility index (Phi) is 3.11. The van der Waals surface area contributed by atoms with Gasteiger partial charge in [0, 0.05) is 12.2 Å². The van der Waals surface area contributed by atoms with E-state index in [1.165, 1.54) is 12.1 Å². The van der Waals surface area contributed by atoms with Gasteiger partial charge in [0.1, 0.15) is 11.4 Å². The van der Waals surface area contributed by atoms with Gasteiger partial charge in [-0.3, -0.25) is 4.68 Å². The van der Waals surface area contributed by atoms with Crippen LogP contribution in [0.1, 0.15) is 25.6 Å². The van der Waals surface area contributed by atoms with E-state index < -0.39 is 11.9 Å². The van der Waals surface area contributed by atoms with Crippen molar-refractivity contribution >= 4 is 0 Å². The zero-order valence-corrected chi connectivity index (χ0v) is 9.94. The number of hydrogen-bond acceptors (Lipinski definition) is 2. The molecule has 0 aliphatic carbocycles. The van der Waals surface area contributed by atoms with E-state index in [4.69, 9.17) is 0 Å². The normalized spacial score (nSPS) is 12.1. The van der Waals surface area contributed by atoms with Crippen LogP contribution in [0.2, 0.25) is 0 Å². The minimum absolute atomic E-state index is 0.157. The predicted molar refractivity (Wildman–Crippen MR) is 60.8 cm³/mol. The molecule has 0 spiro atoms. The lowest BCUT2D eigenvalue weighted by Crippen LogP contribution is -2.08. The molecule has 0 aliphatic heterocycles. The summed E-state index contributed by atoms with van der Waals surface area (Å²) in [6.45, 7) is 3.88. The molecule has 0 saturated heterocycles. The summed E-state index contributed by atoms with van der Waals surface area (Å²) in [5.41, 5.74) is -0.238. The molecule has 2 aromatic rings. The van der Waals surface area contributed by atoms with Crippen LogP contribution < -0.4 is 0 Å². The van der Waals surface area contributed by atoms with Gasteiger partial charge in [0.25, 0.3) is 0 Å². The second-order valence-corrected chi connectivity index (χ2v) is 4.18. The Morgan fingerprint density at radius 1 is 1.11 bits per heavy atom. The molecule has 0 fully saturated rings. The standard InChI is InChI=1S/C12H12F3N3/c1-8(2)18-7-6-10(17-18)9-4-3-5-11(16-9)12(13,14)15/h3-8H,1-2H3. The van der Waals surface area contributed by atoms with Crippen molar-refractivity contribution in [1.29, 1.82) is 0 Å². The highest BCUT2D eigenvalue weighted by Crippen LogP contribution is 2.29. The van der Waals surface area contributed by atoms with Crippen molar-refractivity contribution < 1.29 is 13.2 Å². The molecule has 3 nitrogen and oxygen atoms in total. The SMILES string of the molecule is CC(C)n1ccc(-c2cccc(C(F)(F)F)n2)n1. The number of nitrogens with zero attached hydrogens (tertiary/aromatic N) is 3. The Hall–Kier alpha value is -1.85. The molecule has 0 aliphatic rings. The van der Waals surface area contributed by atoms with E-state index >= 15 is 0 Å². The van der Waals surface area contributed by atoms with Crippen LogP contribution in [0.25, 0.3) is 11.4 Å². The molecule has 0 saturated carbocycles. The van der Waals surface area contributed by atoms with Gasteiger partial charge < -0.3 is 0 Å². The third-order valence-corrected chi connectivity index (χ3v) is 2.44. The highest BCUT2D eigenvalue weighted by Gasteiger charge is 2.32. The Bertz CT molecular complexity index is 543. The average molecular weight is 255 g/mol. The highest BCUT2D eigenvalue weighted by molar-refractivity contribution is 5.53. The summed E-state index contributed by atoms with van der Waals surface area (Å²) in [6, 6.07) is 5.61. The quantitative estimate of drug-likeness (QED) is 0.821. The summed E-state index contributed by atoms with van der Waals surface area (Å²) in [5, 5.41) is 4.19. The maximum atomic E-state index is 12.5. The molecule has 0 unspecified atom stereocenters. The second kappa shape index (κ2) is 4.44. The fourth-order valence-corrected chi connectivity index (χ4v) is 1.50. The fraction of sp³-hybridized carbons (Fsp3) is 0.333. The van der Waals surface area contributed by atoms with Gasteiger partial charge in [-0.1, -0.05) is 6.07 Å². The fourth-order valence-electron chi connectivity index (χ4n) is 1.50. The van der Waals surface area contributed by atoms with E-state index in [1.807, 2.05) is 13.8 Å². The lowest BCUT2D eigenvalue weighted by Gasteiger charge is -2.06. The minimum atomic E-state index is -4.43. The Labute approximate surface area is 102 Å². The van der Waals surface area contributed by atoms with Gasteiger partial charge in [-0.25, -0.2) is 4.98 Å². The first-order valence-corrected chi connectivity index (χ1v) is 5.47. The first-order valence-electron chi connectivity index (χ1n) is 5.47. The first-order chi connectivity index (χ1) is 8.38. The van der Waals surface area contributed by atoms with Crippen molar-refractivity contribution in [2.45, 2.75) is 26.1 Å². The van der Waals surface area contributed by atoms with Gasteiger partial charge in [-0.2, -0.15) is 18.3 Å². The van der Waals surface area contributed by atoms with Gasteiger partial charge in [-0.15, -0.1) is 0 Å². The molecule has 2 rings (SSSR count). The van der Waals surface area contributed by atoms with Crippen LogP contribution in [-0.4, -0.2) is 14.8 Å². The number of pyridine rings is 1. The molecule has 0 N–H and O–H groups in total. The van der Waals surface area contributed by atoms with E-state index in [0.29, 0.717) is 5.69 Å². The summed E-state index contributed by atoms with van der Waals surface area (Å²) < 4.78 is 39.3. The van der Waals surface area contributed by atoms with Crippen molar-refractivity contribution in [3.05, 3.63) is 36.2 Å². The van der Waals surface area contributed by atoms with Crippen LogP contribution in [0.5, 0.6) is 0 Å². The Morgan fingerprint density at radius 3 is 2.39 bits per heavy atom. The van der Waals surface area contributed by atoms with E-state index in [1.54, 1.807) is 16.9 Å². The second-order valence-electron chi connectivity index (χ2n) is 4.18. The maximum absolute atomic E-state index is 12.5. The summed E-state index contributed by atoms with van der Waals surface area (Å²) in [4.78, 5) is 3.59. The summed E-state index contributed by atoms with van der Waals surface area (Å²) in [7, 11) is 0. The van der Waals surface area contributed by atoms with Crippen molar-refractivity contribution in [1.82, 2.24) is 14.8 Å². The predicted octanol–water partition coefficient (Wildman–Crippen LogP) is 3.54. The molecule has 0 bridgehead atoms. The summed E-state index contributed by atoms with van der Waals surface area (Å²) in [5.74, 6) is 0. The molecule has 6 heteroatoms. The molecule has 2 aromatic heterocycles.